The van der Waals surface area contributed by atoms with Gasteiger partial charge < -0.3 is 19.3 Å². The fourth-order valence-corrected chi connectivity index (χ4v) is 3.72. The predicted octanol–water partition coefficient (Wildman–Crippen LogP) is 0.802. The fourth-order valence-electron chi connectivity index (χ4n) is 3.72. The maximum atomic E-state index is 13.0. The lowest BCUT2D eigenvalue weighted by atomic mass is 10.0. The minimum atomic E-state index is -0.780. The van der Waals surface area contributed by atoms with E-state index in [0.717, 1.165) is 4.90 Å². The number of likely N-dealkylation sites (N-methyl/N-ethyl adjacent to an activating group) is 1. The highest BCUT2D eigenvalue weighted by atomic mass is 16.3. The topological polar surface area (TPSA) is 92.5 Å². The van der Waals surface area contributed by atoms with Gasteiger partial charge in [0.1, 0.15) is 23.1 Å². The van der Waals surface area contributed by atoms with Gasteiger partial charge in [0, 0.05) is 6.20 Å². The summed E-state index contributed by atoms with van der Waals surface area (Å²) in [4.78, 5) is 32.8. The molecule has 0 aromatic carbocycles. The van der Waals surface area contributed by atoms with Crippen molar-refractivity contribution in [1.29, 1.82) is 0 Å². The summed E-state index contributed by atoms with van der Waals surface area (Å²) >= 11 is 0. The average molecular weight is 395 g/mol. The molecule has 1 aliphatic heterocycles. The van der Waals surface area contributed by atoms with E-state index in [0.29, 0.717) is 35.9 Å². The van der Waals surface area contributed by atoms with Gasteiger partial charge in [-0.2, -0.15) is 0 Å². The van der Waals surface area contributed by atoms with Crippen LogP contribution in [0.1, 0.15) is 23.2 Å². The zero-order chi connectivity index (χ0) is 20.7. The Kier molecular flexibility index (Phi) is 4.71. The molecule has 0 bridgehead atoms. The van der Waals surface area contributed by atoms with Gasteiger partial charge in [0.25, 0.3) is 11.7 Å². The van der Waals surface area contributed by atoms with E-state index in [4.69, 9.17) is 4.42 Å². The van der Waals surface area contributed by atoms with Crippen LogP contribution in [0.4, 0.5) is 0 Å². The zero-order valence-corrected chi connectivity index (χ0v) is 16.5. The van der Waals surface area contributed by atoms with E-state index in [1.54, 1.807) is 29.7 Å². The average Bonchev–Trinajstić information content (AvgIpc) is 3.37. The summed E-state index contributed by atoms with van der Waals surface area (Å²) in [5.41, 5.74) is 1.63. The first kappa shape index (κ1) is 18.9. The minimum absolute atomic E-state index is 0.0208. The SMILES string of the molecule is Cc1nc2ccccn2c1C(O)=C1C(=O)C(=O)N(CC[NH+](C)C)[C@H]1c1ccco1. The highest BCUT2D eigenvalue weighted by molar-refractivity contribution is 6.46. The van der Waals surface area contributed by atoms with Gasteiger partial charge in [0.05, 0.1) is 44.7 Å². The summed E-state index contributed by atoms with van der Waals surface area (Å²) in [6.45, 7) is 2.77. The van der Waals surface area contributed by atoms with Crippen LogP contribution in [0.25, 0.3) is 11.4 Å². The maximum Gasteiger partial charge on any atom is 0.295 e. The molecule has 2 N–H and O–H groups in total. The summed E-state index contributed by atoms with van der Waals surface area (Å²) in [5, 5.41) is 11.2. The van der Waals surface area contributed by atoms with E-state index in [2.05, 4.69) is 4.98 Å². The number of aliphatic hydroxyl groups excluding tert-OH is 1. The Balaban J connectivity index is 1.90. The van der Waals surface area contributed by atoms with Crippen molar-refractivity contribution in [2.45, 2.75) is 13.0 Å². The second-order valence-corrected chi connectivity index (χ2v) is 7.44. The van der Waals surface area contributed by atoms with E-state index in [1.165, 1.54) is 11.2 Å². The van der Waals surface area contributed by atoms with Crippen LogP contribution in [-0.2, 0) is 9.59 Å². The zero-order valence-electron chi connectivity index (χ0n) is 16.5. The number of furan rings is 1. The van der Waals surface area contributed by atoms with E-state index >= 15 is 0 Å². The number of aliphatic hydroxyl groups is 1. The summed E-state index contributed by atoms with van der Waals surface area (Å²) in [6.07, 6.45) is 3.25. The van der Waals surface area contributed by atoms with Gasteiger partial charge in [-0.3, -0.25) is 14.0 Å². The third kappa shape index (κ3) is 3.11. The lowest BCUT2D eigenvalue weighted by Crippen LogP contribution is -3.06. The number of carbonyl (C=O) groups excluding carboxylic acids is 2. The van der Waals surface area contributed by atoms with Crippen molar-refractivity contribution >= 4 is 23.1 Å². The molecular formula is C21H23N4O4+. The van der Waals surface area contributed by atoms with Crippen LogP contribution >= 0.6 is 0 Å². The number of nitrogens with zero attached hydrogens (tertiary/aromatic N) is 3. The minimum Gasteiger partial charge on any atom is -0.505 e. The Morgan fingerprint density at radius 2 is 2.03 bits per heavy atom. The molecule has 4 heterocycles. The van der Waals surface area contributed by atoms with Gasteiger partial charge in [0.2, 0.25) is 0 Å². The highest BCUT2D eigenvalue weighted by Gasteiger charge is 2.48. The summed E-state index contributed by atoms with van der Waals surface area (Å²) in [7, 11) is 3.94. The normalized spacial score (nSPS) is 19.0. The Labute approximate surface area is 167 Å². The van der Waals surface area contributed by atoms with Crippen molar-refractivity contribution in [2.75, 3.05) is 27.2 Å². The van der Waals surface area contributed by atoms with Crippen molar-refractivity contribution in [1.82, 2.24) is 14.3 Å². The highest BCUT2D eigenvalue weighted by Crippen LogP contribution is 2.39. The number of nitrogens with one attached hydrogen (secondary N) is 1. The fraction of sp³-hybridized carbons (Fsp3) is 0.286. The van der Waals surface area contributed by atoms with Crippen LogP contribution in [0.5, 0.6) is 0 Å². The van der Waals surface area contributed by atoms with E-state index in [1.807, 2.05) is 32.3 Å². The molecule has 1 fully saturated rings. The quantitative estimate of drug-likeness (QED) is 0.379. The number of hydrogen-bond donors (Lipinski definition) is 2. The molecule has 3 aromatic rings. The Morgan fingerprint density at radius 1 is 1.24 bits per heavy atom. The van der Waals surface area contributed by atoms with Crippen molar-refractivity contribution < 1.29 is 24.0 Å². The molecule has 0 spiro atoms. The molecule has 1 amide bonds. The molecular weight excluding hydrogens is 372 g/mol. The van der Waals surface area contributed by atoms with E-state index < -0.39 is 17.7 Å². The number of hydrogen-bond acceptors (Lipinski definition) is 5. The molecule has 29 heavy (non-hydrogen) atoms. The lowest BCUT2D eigenvalue weighted by Gasteiger charge is -2.23. The van der Waals surface area contributed by atoms with Gasteiger partial charge in [-0.1, -0.05) is 6.07 Å². The third-order valence-electron chi connectivity index (χ3n) is 5.13. The number of aromatic nitrogens is 2. The molecule has 3 aromatic heterocycles. The van der Waals surface area contributed by atoms with Crippen LogP contribution in [0.3, 0.4) is 0 Å². The van der Waals surface area contributed by atoms with Gasteiger partial charge in [0.15, 0.2) is 5.76 Å². The molecule has 8 heteroatoms. The van der Waals surface area contributed by atoms with Crippen LogP contribution in [-0.4, -0.2) is 58.3 Å². The standard InChI is InChI=1S/C21H22N4O4/c1-13-17(24-9-5-4-8-15(24)22-13)19(26)16-18(14-7-6-12-29-14)25(11-10-23(2)3)21(28)20(16)27/h4-9,12,18,26H,10-11H2,1-3H3/p+1/t18-/m0/s1. The molecule has 1 aliphatic rings. The van der Waals surface area contributed by atoms with Gasteiger partial charge in [-0.15, -0.1) is 0 Å². The number of amides is 1. The summed E-state index contributed by atoms with van der Waals surface area (Å²) in [6, 6.07) is 8.10. The van der Waals surface area contributed by atoms with E-state index in [-0.39, 0.29) is 11.3 Å². The monoisotopic (exact) mass is 395 g/mol. The molecule has 4 rings (SSSR count). The first-order valence-corrected chi connectivity index (χ1v) is 9.45. The Hall–Kier alpha value is -3.39. The lowest BCUT2D eigenvalue weighted by molar-refractivity contribution is -0.857. The van der Waals surface area contributed by atoms with Crippen LogP contribution in [0.2, 0.25) is 0 Å². The third-order valence-corrected chi connectivity index (χ3v) is 5.13. The number of imidazole rings is 1. The molecule has 0 radical (unpaired) electrons. The van der Waals surface area contributed by atoms with Crippen molar-refractivity contribution in [2.24, 2.45) is 0 Å². The molecule has 1 saturated heterocycles. The van der Waals surface area contributed by atoms with Crippen LogP contribution in [0.15, 0.2) is 52.8 Å². The number of Topliss-reactive ketones (excluding diaryl/α,β-unsaturated/α-hetero) is 1. The van der Waals surface area contributed by atoms with Crippen LogP contribution in [0, 0.1) is 6.92 Å². The number of fused-ring (bicyclic) bond motifs is 1. The number of likely N-dealkylation sites (tertiary alicyclic amines) is 1. The largest absolute Gasteiger partial charge is 0.505 e. The van der Waals surface area contributed by atoms with Gasteiger partial charge in [-0.25, -0.2) is 4.98 Å². The van der Waals surface area contributed by atoms with Crippen molar-refractivity contribution in [3.05, 3.63) is 65.5 Å². The Bertz CT molecular complexity index is 1110. The van der Waals surface area contributed by atoms with Gasteiger partial charge >= 0.3 is 0 Å². The molecule has 0 aliphatic carbocycles. The summed E-state index contributed by atoms with van der Waals surface area (Å²) in [5.74, 6) is -1.17. The number of carbonyl (C=O) groups is 2. The predicted molar refractivity (Wildman–Crippen MR) is 105 cm³/mol. The van der Waals surface area contributed by atoms with Gasteiger partial charge in [-0.05, 0) is 31.2 Å². The second-order valence-electron chi connectivity index (χ2n) is 7.44. The number of rotatable bonds is 5. The summed E-state index contributed by atoms with van der Waals surface area (Å²) < 4.78 is 7.26. The molecule has 1 atom stereocenters. The van der Waals surface area contributed by atoms with Crippen LogP contribution < -0.4 is 4.90 Å². The van der Waals surface area contributed by atoms with Crippen molar-refractivity contribution in [3.63, 3.8) is 0 Å². The number of ketones is 1. The van der Waals surface area contributed by atoms with Crippen molar-refractivity contribution in [3.8, 4) is 0 Å². The molecule has 150 valence electrons. The Morgan fingerprint density at radius 3 is 2.72 bits per heavy atom. The first-order chi connectivity index (χ1) is 13.9. The molecule has 0 saturated carbocycles. The molecule has 8 nitrogen and oxygen atoms in total. The smallest absolute Gasteiger partial charge is 0.295 e. The first-order valence-electron chi connectivity index (χ1n) is 9.45. The number of aryl methyl sites for hydroxylation is 1. The number of pyridine rings is 1. The molecule has 0 unspecified atom stereocenters. The maximum absolute atomic E-state index is 13.0. The van der Waals surface area contributed by atoms with E-state index in [9.17, 15) is 14.7 Å². The second kappa shape index (κ2) is 7.21. The number of quaternary nitrogens is 1.